The van der Waals surface area contributed by atoms with E-state index in [1.807, 2.05) is 0 Å². The molecule has 5 rings (SSSR count). The molecule has 2 amide bonds. The van der Waals surface area contributed by atoms with E-state index in [1.165, 1.54) is 35.2 Å². The van der Waals surface area contributed by atoms with Crippen LogP contribution in [0.1, 0.15) is 62.3 Å². The van der Waals surface area contributed by atoms with Crippen LogP contribution >= 0.6 is 11.3 Å². The number of hydrogen-bond donors (Lipinski definition) is 1. The maximum atomic E-state index is 13.6. The van der Waals surface area contributed by atoms with Gasteiger partial charge in [0.2, 0.25) is 5.13 Å². The number of esters is 1. The number of nitrogens with zero attached hydrogens (tertiary/aromatic N) is 7. The van der Waals surface area contributed by atoms with Gasteiger partial charge in [0.05, 0.1) is 47.5 Å². The van der Waals surface area contributed by atoms with Crippen molar-refractivity contribution >= 4 is 62.8 Å². The Morgan fingerprint density at radius 1 is 0.896 bits per heavy atom. The van der Waals surface area contributed by atoms with Crippen molar-refractivity contribution in [3.05, 3.63) is 66.1 Å². The van der Waals surface area contributed by atoms with Crippen LogP contribution in [0.4, 0.5) is 26.1 Å². The number of carbonyl (C=O) groups excluding carboxylic acids is 4. The maximum absolute atomic E-state index is 13.6. The molecule has 0 bridgehead atoms. The summed E-state index contributed by atoms with van der Waals surface area (Å²) < 4.78 is 18.7. The number of methoxy groups -OCH3 is 1. The van der Waals surface area contributed by atoms with Gasteiger partial charge in [0.15, 0.2) is 0 Å². The number of carbonyl (C=O) groups is 4. The quantitative estimate of drug-likeness (QED) is 0.161. The molecule has 0 aliphatic carbocycles. The fraction of sp³-hybridized carbons (Fsp3) is 0.312. The van der Waals surface area contributed by atoms with E-state index in [4.69, 9.17) is 14.2 Å². The standard InChI is InChI=1S/C32H34N8O7S/c1-31(2,3)46-29(43)39(21-10-12-24-19(13-21)15-34-40(24)30(44)47-32(4,5)6)28-37-36-26(48-28)18-9-11-22(27(42)45-8)23(14-18)35-25(41)20-16-33-38(7)17-20/h9-17H,1-8H3,(H,35,41). The molecule has 0 aliphatic heterocycles. The molecule has 0 radical (unpaired) electrons. The highest BCUT2D eigenvalue weighted by atomic mass is 32.1. The molecule has 0 spiro atoms. The van der Waals surface area contributed by atoms with Crippen LogP contribution in [-0.2, 0) is 21.3 Å². The Balaban J connectivity index is 1.52. The van der Waals surface area contributed by atoms with E-state index in [-0.39, 0.29) is 16.4 Å². The van der Waals surface area contributed by atoms with Crippen molar-refractivity contribution in [3.63, 3.8) is 0 Å². The SMILES string of the molecule is COC(=O)c1ccc(-c2nnc(N(C(=O)OC(C)(C)C)c3ccc4c(cnn4C(=O)OC(C)(C)C)c3)s2)cc1NC(=O)c1cnn(C)c1. The molecule has 1 N–H and O–H groups in total. The first-order chi connectivity index (χ1) is 22.5. The number of ether oxygens (including phenoxy) is 3. The van der Waals surface area contributed by atoms with E-state index in [2.05, 4.69) is 25.7 Å². The fourth-order valence-corrected chi connectivity index (χ4v) is 5.29. The van der Waals surface area contributed by atoms with Crippen molar-refractivity contribution in [1.29, 1.82) is 0 Å². The highest BCUT2D eigenvalue weighted by molar-refractivity contribution is 7.18. The average Bonchev–Trinajstić information content (AvgIpc) is 3.75. The summed E-state index contributed by atoms with van der Waals surface area (Å²) in [5.74, 6) is -1.13. The van der Waals surface area contributed by atoms with Gasteiger partial charge < -0.3 is 19.5 Å². The number of aryl methyl sites for hydroxylation is 1. The molecule has 48 heavy (non-hydrogen) atoms. The lowest BCUT2D eigenvalue weighted by atomic mass is 10.1. The van der Waals surface area contributed by atoms with E-state index in [9.17, 15) is 19.2 Å². The number of fused-ring (bicyclic) bond motifs is 1. The first kappa shape index (κ1) is 33.7. The number of rotatable bonds is 6. The molecule has 250 valence electrons. The topological polar surface area (TPSA) is 173 Å². The molecule has 0 aliphatic rings. The van der Waals surface area contributed by atoms with Gasteiger partial charge in [-0.05, 0) is 71.9 Å². The summed E-state index contributed by atoms with van der Waals surface area (Å²) in [5.41, 5.74) is 0.406. The summed E-state index contributed by atoms with van der Waals surface area (Å²) in [7, 11) is 2.92. The summed E-state index contributed by atoms with van der Waals surface area (Å²) in [6, 6.07) is 9.65. The van der Waals surface area contributed by atoms with E-state index in [0.717, 1.165) is 16.0 Å². The third-order valence-electron chi connectivity index (χ3n) is 6.45. The lowest BCUT2D eigenvalue weighted by Gasteiger charge is -2.25. The molecule has 5 aromatic rings. The molecule has 0 saturated heterocycles. The number of amides is 2. The summed E-state index contributed by atoms with van der Waals surface area (Å²) in [6.45, 7) is 10.5. The van der Waals surface area contributed by atoms with Crippen LogP contribution in [-0.4, -0.2) is 72.1 Å². The molecule has 3 aromatic heterocycles. The minimum atomic E-state index is -0.834. The predicted molar refractivity (Wildman–Crippen MR) is 178 cm³/mol. The Labute approximate surface area is 279 Å². The molecule has 0 fully saturated rings. The molecule has 0 saturated carbocycles. The second kappa shape index (κ2) is 12.9. The Morgan fingerprint density at radius 2 is 1.62 bits per heavy atom. The minimum Gasteiger partial charge on any atom is -0.465 e. The van der Waals surface area contributed by atoms with Crippen LogP contribution in [0.5, 0.6) is 0 Å². The van der Waals surface area contributed by atoms with Crippen molar-refractivity contribution in [2.45, 2.75) is 52.7 Å². The number of benzene rings is 2. The molecule has 0 atom stereocenters. The second-order valence-electron chi connectivity index (χ2n) is 12.6. The molecule has 3 heterocycles. The van der Waals surface area contributed by atoms with Crippen LogP contribution in [0.15, 0.2) is 55.0 Å². The fourth-order valence-electron chi connectivity index (χ4n) is 4.44. The molecular formula is C32H34N8O7S. The van der Waals surface area contributed by atoms with Gasteiger partial charge in [-0.2, -0.15) is 14.9 Å². The van der Waals surface area contributed by atoms with Crippen molar-refractivity contribution in [2.75, 3.05) is 17.3 Å². The van der Waals surface area contributed by atoms with Gasteiger partial charge in [-0.1, -0.05) is 17.4 Å². The van der Waals surface area contributed by atoms with Gasteiger partial charge >= 0.3 is 18.2 Å². The Morgan fingerprint density at radius 3 is 2.27 bits per heavy atom. The number of nitrogens with one attached hydrogen (secondary N) is 1. The van der Waals surface area contributed by atoms with Gasteiger partial charge in [-0.15, -0.1) is 10.2 Å². The highest BCUT2D eigenvalue weighted by Gasteiger charge is 2.29. The first-order valence-corrected chi connectivity index (χ1v) is 15.4. The Hall–Kier alpha value is -5.64. The van der Waals surface area contributed by atoms with Crippen LogP contribution in [0.2, 0.25) is 0 Å². The lowest BCUT2D eigenvalue weighted by molar-refractivity contribution is 0.0520. The van der Waals surface area contributed by atoms with Crippen LogP contribution in [0.3, 0.4) is 0 Å². The highest BCUT2D eigenvalue weighted by Crippen LogP contribution is 2.37. The van der Waals surface area contributed by atoms with Crippen LogP contribution in [0, 0.1) is 0 Å². The Kier molecular flexibility index (Phi) is 9.04. The third kappa shape index (κ3) is 7.49. The van der Waals surface area contributed by atoms with E-state index in [1.54, 1.807) is 85.1 Å². The number of hydrogen-bond acceptors (Lipinski definition) is 12. The first-order valence-electron chi connectivity index (χ1n) is 14.6. The molecule has 16 heteroatoms. The van der Waals surface area contributed by atoms with Gasteiger partial charge in [0, 0.05) is 24.2 Å². The van der Waals surface area contributed by atoms with Crippen LogP contribution in [0.25, 0.3) is 21.5 Å². The van der Waals surface area contributed by atoms with Crippen molar-refractivity contribution < 1.29 is 33.4 Å². The molecular weight excluding hydrogens is 640 g/mol. The zero-order valence-electron chi connectivity index (χ0n) is 27.6. The summed E-state index contributed by atoms with van der Waals surface area (Å²) in [4.78, 5) is 53.1. The summed E-state index contributed by atoms with van der Waals surface area (Å²) in [6.07, 6.45) is 3.08. The zero-order chi connectivity index (χ0) is 35.0. The maximum Gasteiger partial charge on any atom is 0.435 e. The zero-order valence-corrected chi connectivity index (χ0v) is 28.4. The summed E-state index contributed by atoms with van der Waals surface area (Å²) >= 11 is 1.08. The van der Waals surface area contributed by atoms with Crippen LogP contribution < -0.4 is 10.2 Å². The lowest BCUT2D eigenvalue weighted by Crippen LogP contribution is -2.33. The van der Waals surface area contributed by atoms with Gasteiger partial charge in [-0.25, -0.2) is 19.3 Å². The Bertz CT molecular complexity index is 2030. The van der Waals surface area contributed by atoms with Crippen molar-refractivity contribution in [3.8, 4) is 10.6 Å². The summed E-state index contributed by atoms with van der Waals surface area (Å²) in [5, 5.41) is 20.7. The molecule has 15 nitrogen and oxygen atoms in total. The molecule has 2 aromatic carbocycles. The van der Waals surface area contributed by atoms with E-state index >= 15 is 0 Å². The van der Waals surface area contributed by atoms with Gasteiger partial charge in [0.25, 0.3) is 5.91 Å². The molecule has 0 unspecified atom stereocenters. The second-order valence-corrected chi connectivity index (χ2v) is 13.6. The van der Waals surface area contributed by atoms with Crippen molar-refractivity contribution in [2.24, 2.45) is 7.05 Å². The normalized spacial score (nSPS) is 11.7. The minimum absolute atomic E-state index is 0.124. The average molecular weight is 675 g/mol. The van der Waals surface area contributed by atoms with E-state index in [0.29, 0.717) is 32.7 Å². The third-order valence-corrected chi connectivity index (χ3v) is 7.40. The predicted octanol–water partition coefficient (Wildman–Crippen LogP) is 6.18. The van der Waals surface area contributed by atoms with Crippen molar-refractivity contribution in [1.82, 2.24) is 29.8 Å². The van der Waals surface area contributed by atoms with Gasteiger partial charge in [0.1, 0.15) is 16.2 Å². The largest absolute Gasteiger partial charge is 0.465 e. The van der Waals surface area contributed by atoms with Gasteiger partial charge in [-0.3, -0.25) is 9.48 Å². The van der Waals surface area contributed by atoms with E-state index < -0.39 is 35.3 Å². The monoisotopic (exact) mass is 674 g/mol. The number of aromatic nitrogens is 6. The smallest absolute Gasteiger partial charge is 0.435 e. The number of anilines is 3.